The Labute approximate surface area is 164 Å². The topological polar surface area (TPSA) is 85.6 Å². The maximum Gasteiger partial charge on any atom is 0.239 e. The number of thioether (sulfide) groups is 1. The van der Waals surface area contributed by atoms with Crippen molar-refractivity contribution >= 4 is 34.1 Å². The molecule has 0 aliphatic heterocycles. The monoisotopic (exact) mass is 406 g/mol. The highest BCUT2D eigenvalue weighted by Crippen LogP contribution is 2.31. The quantitative estimate of drug-likeness (QED) is 0.624. The highest BCUT2D eigenvalue weighted by Gasteiger charge is 2.23. The van der Waals surface area contributed by atoms with Gasteiger partial charge < -0.3 is 0 Å². The summed E-state index contributed by atoms with van der Waals surface area (Å²) in [6.07, 6.45) is 0. The molecule has 0 radical (unpaired) electrons. The van der Waals surface area contributed by atoms with E-state index in [-0.39, 0.29) is 17.8 Å². The van der Waals surface area contributed by atoms with Crippen molar-refractivity contribution in [2.45, 2.75) is 44.1 Å². The minimum Gasteiger partial charge on any atom is -0.300 e. The van der Waals surface area contributed by atoms with Gasteiger partial charge in [0.15, 0.2) is 11.0 Å². The standard InChI is InChI=1S/C17H19FN6OS2/c1-9(2)24-14(12-7-5-6-8-13(12)18)21-23-17(24)26-10(3)15(25)19-16-22-20-11(4)27-16/h5-10H,1-4H3,(H,19,22,25)/t10-/m1/s1. The molecule has 10 heteroatoms. The molecule has 0 spiro atoms. The predicted molar refractivity (Wildman–Crippen MR) is 104 cm³/mol. The van der Waals surface area contributed by atoms with Gasteiger partial charge in [0.1, 0.15) is 10.8 Å². The third kappa shape index (κ3) is 4.33. The van der Waals surface area contributed by atoms with Crippen molar-refractivity contribution in [2.24, 2.45) is 0 Å². The second kappa shape index (κ2) is 8.13. The van der Waals surface area contributed by atoms with E-state index in [1.54, 1.807) is 25.1 Å². The molecule has 0 saturated carbocycles. The number of nitrogens with one attached hydrogen (secondary N) is 1. The first-order valence-corrected chi connectivity index (χ1v) is 10.0. The molecule has 0 aliphatic rings. The summed E-state index contributed by atoms with van der Waals surface area (Å²) in [7, 11) is 0. The highest BCUT2D eigenvalue weighted by molar-refractivity contribution is 8.00. The van der Waals surface area contributed by atoms with Crippen molar-refractivity contribution < 1.29 is 9.18 Å². The van der Waals surface area contributed by atoms with Gasteiger partial charge in [0, 0.05) is 6.04 Å². The Morgan fingerprint density at radius 3 is 2.56 bits per heavy atom. The van der Waals surface area contributed by atoms with Crippen LogP contribution in [0.15, 0.2) is 29.4 Å². The molecule has 0 aliphatic carbocycles. The van der Waals surface area contributed by atoms with Gasteiger partial charge in [-0.2, -0.15) is 0 Å². The number of rotatable bonds is 6. The molecular weight excluding hydrogens is 387 g/mol. The Hall–Kier alpha value is -2.33. The van der Waals surface area contributed by atoms with Crippen LogP contribution in [0, 0.1) is 12.7 Å². The van der Waals surface area contributed by atoms with Gasteiger partial charge in [0.25, 0.3) is 0 Å². The van der Waals surface area contributed by atoms with E-state index in [0.717, 1.165) is 5.01 Å². The van der Waals surface area contributed by atoms with Crippen LogP contribution in [0.3, 0.4) is 0 Å². The fourth-order valence-corrected chi connectivity index (χ4v) is 3.99. The summed E-state index contributed by atoms with van der Waals surface area (Å²) in [6, 6.07) is 6.44. The summed E-state index contributed by atoms with van der Waals surface area (Å²) in [6.45, 7) is 7.52. The fourth-order valence-electron chi connectivity index (χ4n) is 2.41. The molecule has 3 aromatic rings. The minimum absolute atomic E-state index is 0.00169. The zero-order valence-electron chi connectivity index (χ0n) is 15.3. The molecule has 1 aromatic carbocycles. The Balaban J connectivity index is 1.82. The van der Waals surface area contributed by atoms with E-state index in [1.165, 1.54) is 29.2 Å². The van der Waals surface area contributed by atoms with Crippen molar-refractivity contribution in [2.75, 3.05) is 5.32 Å². The van der Waals surface area contributed by atoms with Crippen molar-refractivity contribution in [3.8, 4) is 11.4 Å². The molecule has 2 aromatic heterocycles. The summed E-state index contributed by atoms with van der Waals surface area (Å²) in [5.74, 6) is -0.124. The van der Waals surface area contributed by atoms with E-state index >= 15 is 0 Å². The second-order valence-corrected chi connectivity index (χ2v) is 8.61. The van der Waals surface area contributed by atoms with Gasteiger partial charge in [0.2, 0.25) is 11.0 Å². The SMILES string of the molecule is Cc1nnc(NC(=O)[C@@H](C)Sc2nnc(-c3ccccc3F)n2C(C)C)s1. The van der Waals surface area contributed by atoms with Gasteiger partial charge in [-0.3, -0.25) is 14.7 Å². The van der Waals surface area contributed by atoms with Crippen LogP contribution in [-0.4, -0.2) is 36.1 Å². The molecule has 3 rings (SSSR count). The third-order valence-corrected chi connectivity index (χ3v) is 5.51. The lowest BCUT2D eigenvalue weighted by atomic mass is 10.2. The summed E-state index contributed by atoms with van der Waals surface area (Å²) in [5, 5.41) is 20.2. The number of nitrogens with zero attached hydrogens (tertiary/aromatic N) is 5. The van der Waals surface area contributed by atoms with Crippen molar-refractivity contribution in [1.29, 1.82) is 0 Å². The summed E-state index contributed by atoms with van der Waals surface area (Å²) < 4.78 is 16.0. The zero-order valence-corrected chi connectivity index (χ0v) is 16.9. The van der Waals surface area contributed by atoms with Crippen LogP contribution in [0.5, 0.6) is 0 Å². The fraction of sp³-hybridized carbons (Fsp3) is 0.353. The molecule has 27 heavy (non-hydrogen) atoms. The second-order valence-electron chi connectivity index (χ2n) is 6.13. The summed E-state index contributed by atoms with van der Waals surface area (Å²) >= 11 is 2.58. The Morgan fingerprint density at radius 2 is 1.93 bits per heavy atom. The first-order valence-electron chi connectivity index (χ1n) is 8.34. The Kier molecular flexibility index (Phi) is 5.85. The molecular formula is C17H19FN6OS2. The molecule has 0 unspecified atom stereocenters. The lowest BCUT2D eigenvalue weighted by Gasteiger charge is -2.16. The van der Waals surface area contributed by atoms with Crippen LogP contribution < -0.4 is 5.32 Å². The van der Waals surface area contributed by atoms with Crippen molar-refractivity contribution in [3.05, 3.63) is 35.1 Å². The molecule has 2 heterocycles. The summed E-state index contributed by atoms with van der Waals surface area (Å²) in [5.41, 5.74) is 0.381. The van der Waals surface area contributed by atoms with Gasteiger partial charge in [-0.05, 0) is 39.8 Å². The van der Waals surface area contributed by atoms with E-state index < -0.39 is 5.25 Å². The maximum atomic E-state index is 14.2. The number of benzene rings is 1. The highest BCUT2D eigenvalue weighted by atomic mass is 32.2. The van der Waals surface area contributed by atoms with E-state index in [2.05, 4.69) is 25.7 Å². The van der Waals surface area contributed by atoms with Gasteiger partial charge >= 0.3 is 0 Å². The molecule has 0 bridgehead atoms. The smallest absolute Gasteiger partial charge is 0.239 e. The Morgan fingerprint density at radius 1 is 1.19 bits per heavy atom. The van der Waals surface area contributed by atoms with E-state index in [1.807, 2.05) is 25.3 Å². The van der Waals surface area contributed by atoms with Crippen molar-refractivity contribution in [1.82, 2.24) is 25.0 Å². The number of amides is 1. The lowest BCUT2D eigenvalue weighted by molar-refractivity contribution is -0.115. The van der Waals surface area contributed by atoms with Gasteiger partial charge in [-0.1, -0.05) is 35.2 Å². The number of aromatic nitrogens is 5. The third-order valence-electron chi connectivity index (χ3n) is 3.70. The van der Waals surface area contributed by atoms with E-state index in [9.17, 15) is 9.18 Å². The van der Waals surface area contributed by atoms with Gasteiger partial charge in [-0.15, -0.1) is 20.4 Å². The van der Waals surface area contributed by atoms with Crippen LogP contribution in [0.1, 0.15) is 31.8 Å². The zero-order chi connectivity index (χ0) is 19.6. The molecule has 1 N–H and O–H groups in total. The lowest BCUT2D eigenvalue weighted by Crippen LogP contribution is -2.23. The molecule has 142 valence electrons. The minimum atomic E-state index is -0.440. The van der Waals surface area contributed by atoms with Crippen LogP contribution >= 0.6 is 23.1 Å². The average Bonchev–Trinajstić information content (AvgIpc) is 3.21. The van der Waals surface area contributed by atoms with Gasteiger partial charge in [0.05, 0.1) is 10.8 Å². The number of carbonyl (C=O) groups is 1. The molecule has 7 nitrogen and oxygen atoms in total. The van der Waals surface area contributed by atoms with Crippen LogP contribution in [0.4, 0.5) is 9.52 Å². The Bertz CT molecular complexity index is 955. The van der Waals surface area contributed by atoms with Crippen molar-refractivity contribution in [3.63, 3.8) is 0 Å². The molecule has 0 saturated heterocycles. The van der Waals surface area contributed by atoms with Crippen LogP contribution in [-0.2, 0) is 4.79 Å². The van der Waals surface area contributed by atoms with Crippen LogP contribution in [0.25, 0.3) is 11.4 Å². The molecule has 0 fully saturated rings. The van der Waals surface area contributed by atoms with E-state index in [4.69, 9.17) is 0 Å². The van der Waals surface area contributed by atoms with Crippen LogP contribution in [0.2, 0.25) is 0 Å². The first kappa shape index (κ1) is 19.4. The maximum absolute atomic E-state index is 14.2. The number of halogens is 1. The number of hydrogen-bond donors (Lipinski definition) is 1. The normalized spacial score (nSPS) is 12.4. The number of carbonyl (C=O) groups excluding carboxylic acids is 1. The number of aryl methyl sites for hydroxylation is 1. The predicted octanol–water partition coefficient (Wildman–Crippen LogP) is 3.94. The number of anilines is 1. The number of hydrogen-bond acceptors (Lipinski definition) is 7. The average molecular weight is 407 g/mol. The summed E-state index contributed by atoms with van der Waals surface area (Å²) in [4.78, 5) is 12.4. The molecule has 1 atom stereocenters. The first-order chi connectivity index (χ1) is 12.9. The van der Waals surface area contributed by atoms with Gasteiger partial charge in [-0.25, -0.2) is 4.39 Å². The van der Waals surface area contributed by atoms with E-state index in [0.29, 0.717) is 21.7 Å². The largest absolute Gasteiger partial charge is 0.300 e. The molecule has 1 amide bonds.